The lowest BCUT2D eigenvalue weighted by Gasteiger charge is -2.36. The molecule has 0 unspecified atom stereocenters. The Bertz CT molecular complexity index is 778. The number of fused-ring (bicyclic) bond motifs is 2. The number of benzene rings is 1. The van der Waals surface area contributed by atoms with E-state index >= 15 is 0 Å². The summed E-state index contributed by atoms with van der Waals surface area (Å²) in [5.41, 5.74) is 1.52. The van der Waals surface area contributed by atoms with E-state index in [1.54, 1.807) is 12.4 Å². The number of amides is 1. The third-order valence-corrected chi connectivity index (χ3v) is 6.07. The maximum absolute atomic E-state index is 13.1. The third kappa shape index (κ3) is 2.80. The second-order valence-electron chi connectivity index (χ2n) is 7.59. The van der Waals surface area contributed by atoms with Gasteiger partial charge in [0.05, 0.1) is 12.2 Å². The summed E-state index contributed by atoms with van der Waals surface area (Å²) in [6, 6.07) is 10.6. The van der Waals surface area contributed by atoms with E-state index in [4.69, 9.17) is 0 Å². The molecule has 1 aromatic heterocycles. The summed E-state index contributed by atoms with van der Waals surface area (Å²) >= 11 is 0. The number of carbonyl (C=O) groups excluding carboxylic acids is 1. The standard InChI is InChI=1S/C21H25N3O2/c1-2-19-22-12-16(13-23-19)20(26)24-17-8-9-18(24)21(11-17,14-25)10-15-6-4-3-5-7-15/h3-7,12-13,17-18,25H,2,8-11,14H2,1H3/t17-,18+,21-/m0/s1. The number of aromatic nitrogens is 2. The minimum absolute atomic E-state index is 0.00328. The minimum atomic E-state index is -0.246. The van der Waals surface area contributed by atoms with Crippen LogP contribution in [-0.2, 0) is 12.8 Å². The highest BCUT2D eigenvalue weighted by Crippen LogP contribution is 2.51. The van der Waals surface area contributed by atoms with Crippen LogP contribution in [0.15, 0.2) is 42.7 Å². The van der Waals surface area contributed by atoms with Gasteiger partial charge in [-0.1, -0.05) is 37.3 Å². The Hall–Kier alpha value is -2.27. The summed E-state index contributed by atoms with van der Waals surface area (Å²) < 4.78 is 0. The first kappa shape index (κ1) is 17.2. The van der Waals surface area contributed by atoms with E-state index in [0.717, 1.165) is 37.9 Å². The predicted octanol–water partition coefficient (Wildman–Crippen LogP) is 2.64. The molecule has 4 rings (SSSR count). The van der Waals surface area contributed by atoms with Crippen molar-refractivity contribution in [1.82, 2.24) is 14.9 Å². The van der Waals surface area contributed by atoms with Crippen molar-refractivity contribution in [2.24, 2.45) is 5.41 Å². The Kier molecular flexibility index (Phi) is 4.49. The van der Waals surface area contributed by atoms with Gasteiger partial charge in [0.2, 0.25) is 0 Å². The summed E-state index contributed by atoms with van der Waals surface area (Å²) in [5, 5.41) is 10.3. The topological polar surface area (TPSA) is 66.3 Å². The number of nitrogens with zero attached hydrogens (tertiary/aromatic N) is 3. The molecule has 2 aliphatic heterocycles. The minimum Gasteiger partial charge on any atom is -0.396 e. The Morgan fingerprint density at radius 2 is 1.96 bits per heavy atom. The molecule has 0 radical (unpaired) electrons. The van der Waals surface area contributed by atoms with E-state index in [9.17, 15) is 9.90 Å². The molecule has 5 heteroatoms. The molecule has 2 bridgehead atoms. The zero-order valence-electron chi connectivity index (χ0n) is 15.1. The molecule has 26 heavy (non-hydrogen) atoms. The lowest BCUT2D eigenvalue weighted by atomic mass is 9.70. The van der Waals surface area contributed by atoms with E-state index < -0.39 is 0 Å². The van der Waals surface area contributed by atoms with Crippen molar-refractivity contribution in [3.8, 4) is 0 Å². The molecular formula is C21H25N3O2. The molecule has 136 valence electrons. The largest absolute Gasteiger partial charge is 0.396 e. The average Bonchev–Trinajstić information content (AvgIpc) is 3.24. The van der Waals surface area contributed by atoms with Crippen molar-refractivity contribution in [2.45, 2.75) is 51.1 Å². The predicted molar refractivity (Wildman–Crippen MR) is 98.7 cm³/mol. The second-order valence-corrected chi connectivity index (χ2v) is 7.59. The molecular weight excluding hydrogens is 326 g/mol. The molecule has 5 nitrogen and oxygen atoms in total. The second kappa shape index (κ2) is 6.80. The molecule has 0 spiro atoms. The number of aliphatic hydroxyl groups excluding tert-OH is 1. The Morgan fingerprint density at radius 3 is 2.62 bits per heavy atom. The van der Waals surface area contributed by atoms with Crippen LogP contribution in [0.2, 0.25) is 0 Å². The number of rotatable bonds is 5. The van der Waals surface area contributed by atoms with Crippen LogP contribution >= 0.6 is 0 Å². The Morgan fingerprint density at radius 1 is 1.23 bits per heavy atom. The number of hydrogen-bond acceptors (Lipinski definition) is 4. The fourth-order valence-electron chi connectivity index (χ4n) is 4.81. The molecule has 0 saturated carbocycles. The number of carbonyl (C=O) groups is 1. The quantitative estimate of drug-likeness (QED) is 0.899. The van der Waals surface area contributed by atoms with Crippen LogP contribution in [-0.4, -0.2) is 44.6 Å². The van der Waals surface area contributed by atoms with Crippen LogP contribution in [0.4, 0.5) is 0 Å². The van der Waals surface area contributed by atoms with E-state index in [-0.39, 0.29) is 30.0 Å². The molecule has 2 aromatic rings. The monoisotopic (exact) mass is 351 g/mol. The lowest BCUT2D eigenvalue weighted by Crippen LogP contribution is -2.44. The Labute approximate surface area is 154 Å². The van der Waals surface area contributed by atoms with Crippen molar-refractivity contribution in [1.29, 1.82) is 0 Å². The first-order chi connectivity index (χ1) is 12.7. The van der Waals surface area contributed by atoms with Crippen molar-refractivity contribution < 1.29 is 9.90 Å². The van der Waals surface area contributed by atoms with Gasteiger partial charge in [0, 0.05) is 36.3 Å². The van der Waals surface area contributed by atoms with Crippen LogP contribution in [0.25, 0.3) is 0 Å². The van der Waals surface area contributed by atoms with Crippen LogP contribution in [0.3, 0.4) is 0 Å². The summed E-state index contributed by atoms with van der Waals surface area (Å²) in [7, 11) is 0. The zero-order valence-corrected chi connectivity index (χ0v) is 15.1. The molecule has 1 N–H and O–H groups in total. The first-order valence-corrected chi connectivity index (χ1v) is 9.45. The first-order valence-electron chi connectivity index (χ1n) is 9.45. The fraction of sp³-hybridized carbons (Fsp3) is 0.476. The summed E-state index contributed by atoms with van der Waals surface area (Å²) in [6.07, 6.45) is 7.68. The van der Waals surface area contributed by atoms with Crippen LogP contribution in [0, 0.1) is 5.41 Å². The van der Waals surface area contributed by atoms with Crippen molar-refractivity contribution in [3.05, 3.63) is 59.7 Å². The van der Waals surface area contributed by atoms with Gasteiger partial charge in [-0.05, 0) is 31.2 Å². The van der Waals surface area contributed by atoms with Gasteiger partial charge in [-0.15, -0.1) is 0 Å². The van der Waals surface area contributed by atoms with Crippen molar-refractivity contribution >= 4 is 5.91 Å². The molecule has 0 aliphatic carbocycles. The van der Waals surface area contributed by atoms with Gasteiger partial charge in [-0.3, -0.25) is 4.79 Å². The van der Waals surface area contributed by atoms with Gasteiger partial charge in [0.25, 0.3) is 5.91 Å². The van der Waals surface area contributed by atoms with E-state index in [1.807, 2.05) is 30.0 Å². The molecule has 3 heterocycles. The van der Waals surface area contributed by atoms with Crippen LogP contribution in [0.5, 0.6) is 0 Å². The van der Waals surface area contributed by atoms with E-state index in [0.29, 0.717) is 5.56 Å². The van der Waals surface area contributed by atoms with Crippen LogP contribution in [0.1, 0.15) is 47.9 Å². The van der Waals surface area contributed by atoms with E-state index in [2.05, 4.69) is 22.1 Å². The summed E-state index contributed by atoms with van der Waals surface area (Å²) in [5.74, 6) is 0.753. The number of aliphatic hydroxyl groups is 1. The maximum atomic E-state index is 13.1. The Balaban J connectivity index is 1.59. The third-order valence-electron chi connectivity index (χ3n) is 6.07. The summed E-state index contributed by atoms with van der Waals surface area (Å²) in [4.78, 5) is 23.7. The summed E-state index contributed by atoms with van der Waals surface area (Å²) in [6.45, 7) is 2.11. The van der Waals surface area contributed by atoms with Gasteiger partial charge in [-0.2, -0.15) is 0 Å². The zero-order chi connectivity index (χ0) is 18.1. The number of hydrogen-bond donors (Lipinski definition) is 1. The molecule has 1 amide bonds. The molecule has 2 fully saturated rings. The lowest BCUT2D eigenvalue weighted by molar-refractivity contribution is 0.0570. The average molecular weight is 351 g/mol. The highest BCUT2D eigenvalue weighted by atomic mass is 16.3. The van der Waals surface area contributed by atoms with Crippen molar-refractivity contribution in [3.63, 3.8) is 0 Å². The number of aryl methyl sites for hydroxylation is 1. The molecule has 2 aliphatic rings. The molecule has 1 aromatic carbocycles. The van der Waals surface area contributed by atoms with Gasteiger partial charge in [-0.25, -0.2) is 9.97 Å². The highest BCUT2D eigenvalue weighted by molar-refractivity contribution is 5.94. The fourth-order valence-corrected chi connectivity index (χ4v) is 4.81. The highest BCUT2D eigenvalue weighted by Gasteiger charge is 2.57. The van der Waals surface area contributed by atoms with Gasteiger partial charge >= 0.3 is 0 Å². The SMILES string of the molecule is CCc1ncc(C(=O)N2[C@H]3CC[C@@H]2[C@@](CO)(Cc2ccccc2)C3)cn1. The smallest absolute Gasteiger partial charge is 0.257 e. The maximum Gasteiger partial charge on any atom is 0.257 e. The van der Waals surface area contributed by atoms with Gasteiger partial charge < -0.3 is 10.0 Å². The van der Waals surface area contributed by atoms with E-state index in [1.165, 1.54) is 5.56 Å². The van der Waals surface area contributed by atoms with Gasteiger partial charge in [0.15, 0.2) is 0 Å². The van der Waals surface area contributed by atoms with Crippen molar-refractivity contribution in [2.75, 3.05) is 6.61 Å². The molecule has 3 atom stereocenters. The molecule has 2 saturated heterocycles. The normalized spacial score (nSPS) is 27.1. The van der Waals surface area contributed by atoms with Crippen LogP contribution < -0.4 is 0 Å². The van der Waals surface area contributed by atoms with Gasteiger partial charge in [0.1, 0.15) is 5.82 Å².